The van der Waals surface area contributed by atoms with Gasteiger partial charge in [-0.2, -0.15) is 5.10 Å². The van der Waals surface area contributed by atoms with Crippen LogP contribution < -0.4 is 5.32 Å². The van der Waals surface area contributed by atoms with Crippen molar-refractivity contribution in [3.05, 3.63) is 53.1 Å². The topological polar surface area (TPSA) is 29.9 Å². The van der Waals surface area contributed by atoms with Crippen molar-refractivity contribution in [1.29, 1.82) is 0 Å². The van der Waals surface area contributed by atoms with Crippen LogP contribution in [0.4, 0.5) is 4.39 Å². The van der Waals surface area contributed by atoms with E-state index in [4.69, 9.17) is 0 Å². The Morgan fingerprint density at radius 2 is 2.19 bits per heavy atom. The van der Waals surface area contributed by atoms with Gasteiger partial charge in [0.1, 0.15) is 5.82 Å². The molecule has 0 aliphatic carbocycles. The highest BCUT2D eigenvalue weighted by Crippen LogP contribution is 2.23. The molecule has 0 saturated carbocycles. The predicted octanol–water partition coefficient (Wildman–Crippen LogP) is 3.54. The van der Waals surface area contributed by atoms with Crippen molar-refractivity contribution < 1.29 is 4.39 Å². The summed E-state index contributed by atoms with van der Waals surface area (Å²) in [5, 5.41) is 7.64. The smallest absolute Gasteiger partial charge is 0.128 e. The number of nitrogens with one attached hydrogen (secondary N) is 1. The summed E-state index contributed by atoms with van der Waals surface area (Å²) in [5.41, 5.74) is 2.91. The molecule has 3 nitrogen and oxygen atoms in total. The highest BCUT2D eigenvalue weighted by Gasteiger charge is 2.15. The molecule has 0 fully saturated rings. The van der Waals surface area contributed by atoms with Crippen molar-refractivity contribution in [2.45, 2.75) is 39.2 Å². The molecular weight excluding hydrogens is 265 g/mol. The fourth-order valence-corrected chi connectivity index (χ4v) is 2.51. The van der Waals surface area contributed by atoms with Gasteiger partial charge in [0.05, 0.1) is 6.20 Å². The molecule has 1 unspecified atom stereocenters. The van der Waals surface area contributed by atoms with Crippen LogP contribution in [-0.2, 0) is 13.5 Å². The monoisotopic (exact) mass is 289 g/mol. The number of hydrogen-bond acceptors (Lipinski definition) is 2. The lowest BCUT2D eigenvalue weighted by atomic mass is 9.98. The zero-order valence-corrected chi connectivity index (χ0v) is 13.1. The molecule has 1 N–H and O–H groups in total. The molecule has 0 bridgehead atoms. The summed E-state index contributed by atoms with van der Waals surface area (Å²) >= 11 is 0. The highest BCUT2D eigenvalue weighted by molar-refractivity contribution is 5.26. The summed E-state index contributed by atoms with van der Waals surface area (Å²) < 4.78 is 16.0. The van der Waals surface area contributed by atoms with Crippen LogP contribution >= 0.6 is 0 Å². The van der Waals surface area contributed by atoms with E-state index < -0.39 is 0 Å². The molecule has 0 radical (unpaired) electrons. The molecular formula is C17H24FN3. The first-order valence-corrected chi connectivity index (χ1v) is 7.57. The summed E-state index contributed by atoms with van der Waals surface area (Å²) in [6.07, 6.45) is 6.69. The molecule has 1 heterocycles. The summed E-state index contributed by atoms with van der Waals surface area (Å²) in [4.78, 5) is 0. The minimum atomic E-state index is -0.116. The van der Waals surface area contributed by atoms with Gasteiger partial charge in [0, 0.05) is 24.8 Å². The number of nitrogens with zero attached hydrogens (tertiary/aromatic N) is 2. The van der Waals surface area contributed by atoms with E-state index in [1.807, 2.05) is 38.5 Å². The molecule has 114 valence electrons. The second-order valence-corrected chi connectivity index (χ2v) is 5.59. The maximum Gasteiger partial charge on any atom is 0.128 e. The van der Waals surface area contributed by atoms with Gasteiger partial charge < -0.3 is 5.32 Å². The fourth-order valence-electron chi connectivity index (χ4n) is 2.51. The lowest BCUT2D eigenvalue weighted by Crippen LogP contribution is -2.23. The van der Waals surface area contributed by atoms with Gasteiger partial charge in [-0.1, -0.05) is 19.1 Å². The van der Waals surface area contributed by atoms with Crippen molar-refractivity contribution in [3.8, 4) is 0 Å². The Balaban J connectivity index is 2.09. The average molecular weight is 289 g/mol. The number of benzene rings is 1. The lowest BCUT2D eigenvalue weighted by Gasteiger charge is -2.19. The third kappa shape index (κ3) is 4.39. The molecule has 21 heavy (non-hydrogen) atoms. The molecule has 0 aliphatic heterocycles. The third-order valence-electron chi connectivity index (χ3n) is 3.65. The zero-order valence-electron chi connectivity index (χ0n) is 13.1. The van der Waals surface area contributed by atoms with Gasteiger partial charge in [0.2, 0.25) is 0 Å². The van der Waals surface area contributed by atoms with Crippen LogP contribution in [0.25, 0.3) is 0 Å². The summed E-state index contributed by atoms with van der Waals surface area (Å²) in [6, 6.07) is 5.54. The second-order valence-electron chi connectivity index (χ2n) is 5.59. The molecule has 1 atom stereocenters. The fraction of sp³-hybridized carbons (Fsp3) is 0.471. The van der Waals surface area contributed by atoms with Crippen LogP contribution in [0.2, 0.25) is 0 Å². The van der Waals surface area contributed by atoms with E-state index in [1.54, 1.807) is 10.7 Å². The van der Waals surface area contributed by atoms with Crippen LogP contribution in [-0.4, -0.2) is 16.3 Å². The standard InChI is InChI=1S/C17H24FN3/c1-4-9-19-17(8-6-14-11-20-21(3)12-14)15-7-5-13(2)10-16(15)18/h5,7,10-12,17,19H,4,6,8-9H2,1-3H3. The number of rotatable bonds is 7. The zero-order chi connectivity index (χ0) is 15.2. The maximum atomic E-state index is 14.2. The average Bonchev–Trinajstić information content (AvgIpc) is 2.86. The first kappa shape index (κ1) is 15.7. The Hall–Kier alpha value is -1.68. The molecule has 1 aromatic carbocycles. The quantitative estimate of drug-likeness (QED) is 0.845. The number of hydrogen-bond donors (Lipinski definition) is 1. The van der Waals surface area contributed by atoms with E-state index in [-0.39, 0.29) is 11.9 Å². The van der Waals surface area contributed by atoms with Crippen LogP contribution in [0.15, 0.2) is 30.6 Å². The molecule has 0 amide bonds. The first-order chi connectivity index (χ1) is 10.1. The lowest BCUT2D eigenvalue weighted by molar-refractivity contribution is 0.473. The molecule has 2 rings (SSSR count). The molecule has 0 spiro atoms. The first-order valence-electron chi connectivity index (χ1n) is 7.57. The summed E-state index contributed by atoms with van der Waals surface area (Å²) in [5.74, 6) is -0.116. The van der Waals surface area contributed by atoms with Crippen LogP contribution in [0.1, 0.15) is 42.5 Å². The second kappa shape index (κ2) is 7.36. The highest BCUT2D eigenvalue weighted by atomic mass is 19.1. The van der Waals surface area contributed by atoms with E-state index in [9.17, 15) is 4.39 Å². The minimum absolute atomic E-state index is 0.0470. The van der Waals surface area contributed by atoms with E-state index >= 15 is 0 Å². The number of aryl methyl sites for hydroxylation is 3. The normalized spacial score (nSPS) is 12.6. The molecule has 0 saturated heterocycles. The number of aromatic nitrogens is 2. The van der Waals surface area contributed by atoms with Gasteiger partial charge in [-0.25, -0.2) is 4.39 Å². The van der Waals surface area contributed by atoms with Crippen molar-refractivity contribution in [1.82, 2.24) is 15.1 Å². The van der Waals surface area contributed by atoms with Crippen molar-refractivity contribution in [2.75, 3.05) is 6.54 Å². The van der Waals surface area contributed by atoms with Crippen LogP contribution in [0.3, 0.4) is 0 Å². The SMILES string of the molecule is CCCNC(CCc1cnn(C)c1)c1ccc(C)cc1F. The van der Waals surface area contributed by atoms with Gasteiger partial charge >= 0.3 is 0 Å². The molecule has 0 aliphatic rings. The minimum Gasteiger partial charge on any atom is -0.310 e. The Morgan fingerprint density at radius 1 is 1.38 bits per heavy atom. The van der Waals surface area contributed by atoms with Crippen LogP contribution in [0.5, 0.6) is 0 Å². The van der Waals surface area contributed by atoms with Gasteiger partial charge in [0.15, 0.2) is 0 Å². The largest absolute Gasteiger partial charge is 0.310 e. The van der Waals surface area contributed by atoms with Gasteiger partial charge in [-0.15, -0.1) is 0 Å². The van der Waals surface area contributed by atoms with E-state index in [1.165, 1.54) is 5.56 Å². The predicted molar refractivity (Wildman–Crippen MR) is 83.7 cm³/mol. The van der Waals surface area contributed by atoms with Gasteiger partial charge in [-0.05, 0) is 49.9 Å². The van der Waals surface area contributed by atoms with Crippen molar-refractivity contribution >= 4 is 0 Å². The van der Waals surface area contributed by atoms with Crippen molar-refractivity contribution in [2.24, 2.45) is 7.05 Å². The Bertz CT molecular complexity index is 577. The maximum absolute atomic E-state index is 14.2. The van der Waals surface area contributed by atoms with E-state index in [2.05, 4.69) is 17.3 Å². The molecule has 1 aromatic heterocycles. The van der Waals surface area contributed by atoms with E-state index in [0.717, 1.165) is 36.9 Å². The molecule has 2 aromatic rings. The van der Waals surface area contributed by atoms with E-state index in [0.29, 0.717) is 0 Å². The van der Waals surface area contributed by atoms with Crippen molar-refractivity contribution in [3.63, 3.8) is 0 Å². The summed E-state index contributed by atoms with van der Waals surface area (Å²) in [6.45, 7) is 4.93. The Labute approximate surface area is 126 Å². The van der Waals surface area contributed by atoms with Gasteiger partial charge in [0.25, 0.3) is 0 Å². The Morgan fingerprint density at radius 3 is 2.81 bits per heavy atom. The third-order valence-corrected chi connectivity index (χ3v) is 3.65. The number of halogens is 1. The Kier molecular flexibility index (Phi) is 5.51. The van der Waals surface area contributed by atoms with Gasteiger partial charge in [-0.3, -0.25) is 4.68 Å². The molecule has 4 heteroatoms. The summed E-state index contributed by atoms with van der Waals surface area (Å²) in [7, 11) is 1.91. The van der Waals surface area contributed by atoms with Crippen LogP contribution in [0, 0.1) is 12.7 Å².